The number of carbonyl (C=O) groups excluding carboxylic acids is 2. The van der Waals surface area contributed by atoms with Crippen molar-refractivity contribution in [2.75, 3.05) is 6.61 Å². The molecular weight excluding hydrogens is 472 g/mol. The summed E-state index contributed by atoms with van der Waals surface area (Å²) < 4.78 is 11.5. The van der Waals surface area contributed by atoms with Crippen molar-refractivity contribution in [2.45, 2.75) is 0 Å². The van der Waals surface area contributed by atoms with Crippen molar-refractivity contribution in [2.24, 2.45) is 5.10 Å². The third-order valence-corrected chi connectivity index (χ3v) is 4.43. The lowest BCUT2D eigenvalue weighted by Gasteiger charge is -2.06. The zero-order chi connectivity index (χ0) is 21.3. The van der Waals surface area contributed by atoms with Crippen molar-refractivity contribution in [1.29, 1.82) is 0 Å². The number of nitrogens with one attached hydrogen (secondary N) is 1. The van der Waals surface area contributed by atoms with Crippen LogP contribution in [-0.4, -0.2) is 24.7 Å². The van der Waals surface area contributed by atoms with Gasteiger partial charge in [-0.25, -0.2) is 10.2 Å². The van der Waals surface area contributed by atoms with Gasteiger partial charge in [0.15, 0.2) is 6.61 Å². The molecule has 1 N–H and O–H groups in total. The second-order valence-electron chi connectivity index (χ2n) is 6.01. The smallest absolute Gasteiger partial charge is 0.343 e. The first-order chi connectivity index (χ1) is 14.5. The van der Waals surface area contributed by atoms with Gasteiger partial charge in [-0.05, 0) is 54.1 Å². The number of hydrazone groups is 1. The molecule has 0 saturated carbocycles. The summed E-state index contributed by atoms with van der Waals surface area (Å²) >= 11 is 9.18. The lowest BCUT2D eigenvalue weighted by Crippen LogP contribution is -2.24. The van der Waals surface area contributed by atoms with Gasteiger partial charge in [-0.3, -0.25) is 4.79 Å². The Balaban J connectivity index is 1.52. The van der Waals surface area contributed by atoms with E-state index in [4.69, 9.17) is 21.1 Å². The summed E-state index contributed by atoms with van der Waals surface area (Å²) in [4.78, 5) is 24.1. The molecule has 0 heterocycles. The minimum atomic E-state index is -0.475. The van der Waals surface area contributed by atoms with Crippen molar-refractivity contribution in [3.8, 4) is 11.5 Å². The molecule has 0 aromatic heterocycles. The standard InChI is InChI=1S/C22H16BrClN2O4/c23-17-6-2-5-16(11-17)22(28)30-20-9-1-4-15(10-20)13-25-26-21(27)14-29-19-8-3-7-18(24)12-19/h1-13H,14H2,(H,26,27)/b25-13-. The molecule has 3 aromatic carbocycles. The largest absolute Gasteiger partial charge is 0.484 e. The highest BCUT2D eigenvalue weighted by Crippen LogP contribution is 2.18. The first kappa shape index (κ1) is 21.5. The van der Waals surface area contributed by atoms with E-state index in [0.717, 1.165) is 4.47 Å². The van der Waals surface area contributed by atoms with Gasteiger partial charge in [-0.1, -0.05) is 51.8 Å². The summed E-state index contributed by atoms with van der Waals surface area (Å²) in [5, 5.41) is 4.40. The van der Waals surface area contributed by atoms with Crippen LogP contribution in [0, 0.1) is 0 Å². The lowest BCUT2D eigenvalue weighted by molar-refractivity contribution is -0.123. The van der Waals surface area contributed by atoms with Crippen molar-refractivity contribution in [3.05, 3.63) is 93.4 Å². The minimum Gasteiger partial charge on any atom is -0.484 e. The normalized spacial score (nSPS) is 10.6. The van der Waals surface area contributed by atoms with Crippen molar-refractivity contribution >= 4 is 45.6 Å². The number of ether oxygens (including phenoxy) is 2. The molecule has 0 spiro atoms. The maximum absolute atomic E-state index is 12.2. The van der Waals surface area contributed by atoms with Gasteiger partial charge in [0.2, 0.25) is 0 Å². The number of rotatable bonds is 7. The van der Waals surface area contributed by atoms with Gasteiger partial charge < -0.3 is 9.47 Å². The molecule has 0 unspecified atom stereocenters. The topological polar surface area (TPSA) is 77.0 Å². The average Bonchev–Trinajstić information content (AvgIpc) is 2.73. The third kappa shape index (κ3) is 6.72. The number of halogens is 2. The fraction of sp³-hybridized carbons (Fsp3) is 0.0455. The quantitative estimate of drug-likeness (QED) is 0.224. The number of esters is 1. The molecule has 0 bridgehead atoms. The van der Waals surface area contributed by atoms with E-state index in [0.29, 0.717) is 27.6 Å². The molecule has 30 heavy (non-hydrogen) atoms. The summed E-state index contributed by atoms with van der Waals surface area (Å²) in [7, 11) is 0. The fourth-order valence-electron chi connectivity index (χ4n) is 2.36. The van der Waals surface area contributed by atoms with Crippen LogP contribution in [0.3, 0.4) is 0 Å². The van der Waals surface area contributed by atoms with Crippen LogP contribution in [0.1, 0.15) is 15.9 Å². The van der Waals surface area contributed by atoms with Gasteiger partial charge in [0.25, 0.3) is 5.91 Å². The van der Waals surface area contributed by atoms with Crippen LogP contribution >= 0.6 is 27.5 Å². The number of carbonyl (C=O) groups is 2. The van der Waals surface area contributed by atoms with Gasteiger partial charge in [-0.15, -0.1) is 0 Å². The predicted molar refractivity (Wildman–Crippen MR) is 118 cm³/mol. The molecule has 0 aliphatic carbocycles. The summed E-state index contributed by atoms with van der Waals surface area (Å²) in [6, 6.07) is 20.4. The van der Waals surface area contributed by atoms with Gasteiger partial charge in [0, 0.05) is 9.50 Å². The van der Waals surface area contributed by atoms with E-state index in [-0.39, 0.29) is 6.61 Å². The van der Waals surface area contributed by atoms with Crippen molar-refractivity contribution in [3.63, 3.8) is 0 Å². The number of nitrogens with zero attached hydrogens (tertiary/aromatic N) is 1. The Hall–Kier alpha value is -3.16. The molecule has 6 nitrogen and oxygen atoms in total. The molecule has 0 aliphatic rings. The molecule has 0 atom stereocenters. The Morgan fingerprint density at radius 1 is 1.00 bits per heavy atom. The molecule has 0 radical (unpaired) electrons. The van der Waals surface area contributed by atoms with Crippen LogP contribution in [0.15, 0.2) is 82.4 Å². The predicted octanol–water partition coefficient (Wildman–Crippen LogP) is 4.85. The summed E-state index contributed by atoms with van der Waals surface area (Å²) in [6.45, 7) is -0.206. The second-order valence-corrected chi connectivity index (χ2v) is 7.36. The second kappa shape index (κ2) is 10.6. The SMILES string of the molecule is O=C(COc1cccc(Cl)c1)N/N=C\c1cccc(OC(=O)c2cccc(Br)c2)c1. The number of hydrogen-bond acceptors (Lipinski definition) is 5. The molecule has 0 fully saturated rings. The average molecular weight is 488 g/mol. The van der Waals surface area contributed by atoms with Gasteiger partial charge >= 0.3 is 5.97 Å². The first-order valence-electron chi connectivity index (χ1n) is 8.78. The molecule has 0 aliphatic heterocycles. The Labute approximate surface area is 186 Å². The Morgan fingerprint density at radius 3 is 2.57 bits per heavy atom. The van der Waals surface area contributed by atoms with Crippen LogP contribution in [-0.2, 0) is 4.79 Å². The number of amides is 1. The van der Waals surface area contributed by atoms with Gasteiger partial charge in [-0.2, -0.15) is 5.10 Å². The van der Waals surface area contributed by atoms with E-state index in [9.17, 15) is 9.59 Å². The van der Waals surface area contributed by atoms with Gasteiger partial charge in [0.1, 0.15) is 11.5 Å². The Morgan fingerprint density at radius 2 is 1.77 bits per heavy atom. The maximum atomic E-state index is 12.2. The summed E-state index contributed by atoms with van der Waals surface area (Å²) in [6.07, 6.45) is 1.44. The zero-order valence-corrected chi connectivity index (χ0v) is 17.9. The molecule has 152 valence electrons. The molecule has 3 rings (SSSR count). The monoisotopic (exact) mass is 486 g/mol. The van der Waals surface area contributed by atoms with E-state index >= 15 is 0 Å². The van der Waals surface area contributed by atoms with E-state index in [1.807, 2.05) is 6.07 Å². The Bertz CT molecular complexity index is 1090. The molecule has 3 aromatic rings. The minimum absolute atomic E-state index is 0.206. The highest BCUT2D eigenvalue weighted by Gasteiger charge is 2.09. The molecule has 8 heteroatoms. The van der Waals surface area contributed by atoms with E-state index < -0.39 is 11.9 Å². The van der Waals surface area contributed by atoms with Crippen LogP contribution in [0.5, 0.6) is 11.5 Å². The third-order valence-electron chi connectivity index (χ3n) is 3.70. The van der Waals surface area contributed by atoms with Crippen LogP contribution in [0.25, 0.3) is 0 Å². The van der Waals surface area contributed by atoms with Crippen molar-refractivity contribution in [1.82, 2.24) is 5.43 Å². The number of benzene rings is 3. The summed E-state index contributed by atoms with van der Waals surface area (Å²) in [5.74, 6) is -0.0542. The highest BCUT2D eigenvalue weighted by molar-refractivity contribution is 9.10. The lowest BCUT2D eigenvalue weighted by atomic mass is 10.2. The van der Waals surface area contributed by atoms with Gasteiger partial charge in [0.05, 0.1) is 11.8 Å². The highest BCUT2D eigenvalue weighted by atomic mass is 79.9. The van der Waals surface area contributed by atoms with Crippen molar-refractivity contribution < 1.29 is 19.1 Å². The zero-order valence-electron chi connectivity index (χ0n) is 15.5. The fourth-order valence-corrected chi connectivity index (χ4v) is 2.94. The van der Waals surface area contributed by atoms with E-state index in [1.54, 1.807) is 66.7 Å². The Kier molecular flexibility index (Phi) is 7.59. The molecule has 1 amide bonds. The van der Waals surface area contributed by atoms with Crippen LogP contribution in [0.2, 0.25) is 5.02 Å². The van der Waals surface area contributed by atoms with E-state index in [1.165, 1.54) is 6.21 Å². The number of hydrogen-bond donors (Lipinski definition) is 1. The molecular formula is C22H16BrClN2O4. The first-order valence-corrected chi connectivity index (χ1v) is 9.95. The molecule has 0 saturated heterocycles. The van der Waals surface area contributed by atoms with Crippen LogP contribution in [0.4, 0.5) is 0 Å². The van der Waals surface area contributed by atoms with E-state index in [2.05, 4.69) is 26.5 Å². The maximum Gasteiger partial charge on any atom is 0.343 e. The summed E-state index contributed by atoms with van der Waals surface area (Å²) in [5.41, 5.74) is 3.44. The van der Waals surface area contributed by atoms with Crippen LogP contribution < -0.4 is 14.9 Å².